The average molecular weight is 197 g/mol. The van der Waals surface area contributed by atoms with Gasteiger partial charge in [0.05, 0.1) is 5.69 Å². The van der Waals surface area contributed by atoms with Gasteiger partial charge in [-0.15, -0.1) is 0 Å². The lowest BCUT2D eigenvalue weighted by molar-refractivity contribution is 0.327. The number of rotatable bonds is 1. The third-order valence-corrected chi connectivity index (χ3v) is 2.88. The zero-order chi connectivity index (χ0) is 10.3. The highest BCUT2D eigenvalue weighted by molar-refractivity contribution is 5.52. The van der Waals surface area contributed by atoms with Gasteiger partial charge in [0.15, 0.2) is 0 Å². The van der Waals surface area contributed by atoms with Crippen LogP contribution in [0.25, 0.3) is 0 Å². The van der Waals surface area contributed by atoms with E-state index in [9.17, 15) is 8.78 Å². The largest absolute Gasteiger partial charge is 0.364 e. The van der Waals surface area contributed by atoms with Gasteiger partial charge in [0, 0.05) is 18.2 Å². The van der Waals surface area contributed by atoms with Crippen LogP contribution in [0.15, 0.2) is 18.2 Å². The van der Waals surface area contributed by atoms with Crippen LogP contribution in [0.3, 0.4) is 0 Å². The van der Waals surface area contributed by atoms with Crippen molar-refractivity contribution in [3.8, 4) is 0 Å². The zero-order valence-corrected chi connectivity index (χ0v) is 8.35. The van der Waals surface area contributed by atoms with Crippen LogP contribution in [0, 0.1) is 11.6 Å². The van der Waals surface area contributed by atoms with Gasteiger partial charge in [-0.2, -0.15) is 0 Å². The molecule has 0 radical (unpaired) electrons. The third kappa shape index (κ3) is 1.37. The summed E-state index contributed by atoms with van der Waals surface area (Å²) in [6.07, 6.45) is 1.05. The van der Waals surface area contributed by atoms with Crippen molar-refractivity contribution in [1.29, 1.82) is 0 Å². The summed E-state index contributed by atoms with van der Waals surface area (Å²) < 4.78 is 26.1. The average Bonchev–Trinajstić information content (AvgIpc) is 2.08. The van der Waals surface area contributed by atoms with Gasteiger partial charge in [-0.25, -0.2) is 8.78 Å². The van der Waals surface area contributed by atoms with Gasteiger partial charge < -0.3 is 4.90 Å². The van der Waals surface area contributed by atoms with E-state index in [1.807, 2.05) is 4.90 Å². The third-order valence-electron chi connectivity index (χ3n) is 2.88. The molecule has 1 saturated heterocycles. The summed E-state index contributed by atoms with van der Waals surface area (Å²) >= 11 is 0. The van der Waals surface area contributed by atoms with Crippen LogP contribution in [0.1, 0.15) is 20.3 Å². The summed E-state index contributed by atoms with van der Waals surface area (Å²) in [6.45, 7) is 4.95. The van der Waals surface area contributed by atoms with Gasteiger partial charge >= 0.3 is 0 Å². The fraction of sp³-hybridized carbons (Fsp3) is 0.455. The number of nitrogens with zero attached hydrogens (tertiary/aromatic N) is 1. The van der Waals surface area contributed by atoms with Gasteiger partial charge in [0.25, 0.3) is 0 Å². The Kier molecular flexibility index (Phi) is 1.98. The van der Waals surface area contributed by atoms with Crippen LogP contribution >= 0.6 is 0 Å². The second kappa shape index (κ2) is 2.94. The molecule has 0 spiro atoms. The number of anilines is 1. The minimum Gasteiger partial charge on any atom is -0.364 e. The van der Waals surface area contributed by atoms with Crippen LogP contribution < -0.4 is 4.90 Å². The van der Waals surface area contributed by atoms with Gasteiger partial charge in [-0.3, -0.25) is 0 Å². The fourth-order valence-corrected chi connectivity index (χ4v) is 1.82. The first-order valence-electron chi connectivity index (χ1n) is 4.73. The van der Waals surface area contributed by atoms with Crippen molar-refractivity contribution in [3.63, 3.8) is 0 Å². The molecule has 0 atom stereocenters. The molecule has 1 nitrogen and oxygen atoms in total. The molecular weight excluding hydrogens is 184 g/mol. The molecule has 0 N–H and O–H groups in total. The lowest BCUT2D eigenvalue weighted by Crippen LogP contribution is -2.56. The second-order valence-electron chi connectivity index (χ2n) is 4.31. The number of halogens is 2. The van der Waals surface area contributed by atoms with Crippen LogP contribution in [-0.2, 0) is 0 Å². The Morgan fingerprint density at radius 2 is 2.00 bits per heavy atom. The maximum absolute atomic E-state index is 13.4. The zero-order valence-electron chi connectivity index (χ0n) is 8.35. The van der Waals surface area contributed by atoms with E-state index in [1.54, 1.807) is 0 Å². The van der Waals surface area contributed by atoms with E-state index in [0.29, 0.717) is 5.69 Å². The van der Waals surface area contributed by atoms with Crippen molar-refractivity contribution >= 4 is 5.69 Å². The Hall–Kier alpha value is -1.12. The SMILES string of the molecule is CC1(C)CCN1c1ccc(F)cc1F. The summed E-state index contributed by atoms with van der Waals surface area (Å²) in [6, 6.07) is 3.74. The van der Waals surface area contributed by atoms with E-state index in [-0.39, 0.29) is 5.54 Å². The highest BCUT2D eigenvalue weighted by atomic mass is 19.1. The van der Waals surface area contributed by atoms with Crippen LogP contribution in [-0.4, -0.2) is 12.1 Å². The molecule has 1 heterocycles. The van der Waals surface area contributed by atoms with E-state index in [1.165, 1.54) is 12.1 Å². The lowest BCUT2D eigenvalue weighted by atomic mass is 9.88. The van der Waals surface area contributed by atoms with E-state index < -0.39 is 11.6 Å². The fourth-order valence-electron chi connectivity index (χ4n) is 1.82. The number of benzene rings is 1. The molecule has 0 saturated carbocycles. The molecule has 1 fully saturated rings. The van der Waals surface area contributed by atoms with E-state index in [4.69, 9.17) is 0 Å². The molecule has 0 bridgehead atoms. The van der Waals surface area contributed by atoms with Crippen molar-refractivity contribution < 1.29 is 8.78 Å². The predicted molar refractivity (Wildman–Crippen MR) is 52.4 cm³/mol. The molecule has 0 aliphatic carbocycles. The molecular formula is C11H13F2N. The van der Waals surface area contributed by atoms with Crippen LogP contribution in [0.4, 0.5) is 14.5 Å². The first-order valence-corrected chi connectivity index (χ1v) is 4.73. The van der Waals surface area contributed by atoms with Gasteiger partial charge in [-0.05, 0) is 32.4 Å². The highest BCUT2D eigenvalue weighted by Gasteiger charge is 2.37. The maximum atomic E-state index is 13.4. The molecule has 14 heavy (non-hydrogen) atoms. The highest BCUT2D eigenvalue weighted by Crippen LogP contribution is 2.36. The van der Waals surface area contributed by atoms with Crippen molar-refractivity contribution in [2.75, 3.05) is 11.4 Å². The van der Waals surface area contributed by atoms with Crippen molar-refractivity contribution in [2.45, 2.75) is 25.8 Å². The summed E-state index contributed by atoms with van der Waals surface area (Å²) in [5, 5.41) is 0. The molecule has 0 aromatic heterocycles. The second-order valence-corrected chi connectivity index (χ2v) is 4.31. The van der Waals surface area contributed by atoms with E-state index >= 15 is 0 Å². The summed E-state index contributed by atoms with van der Waals surface area (Å²) in [5.41, 5.74) is 0.501. The smallest absolute Gasteiger partial charge is 0.149 e. The lowest BCUT2D eigenvalue weighted by Gasteiger charge is -2.50. The number of hydrogen-bond donors (Lipinski definition) is 0. The van der Waals surface area contributed by atoms with E-state index in [2.05, 4.69) is 13.8 Å². The van der Waals surface area contributed by atoms with Crippen LogP contribution in [0.5, 0.6) is 0 Å². The monoisotopic (exact) mass is 197 g/mol. The molecule has 0 unspecified atom stereocenters. The topological polar surface area (TPSA) is 3.24 Å². The molecule has 1 aromatic carbocycles. The van der Waals surface area contributed by atoms with Gasteiger partial charge in [0.2, 0.25) is 0 Å². The van der Waals surface area contributed by atoms with Crippen molar-refractivity contribution in [3.05, 3.63) is 29.8 Å². The molecule has 0 amide bonds. The summed E-state index contributed by atoms with van der Waals surface area (Å²) in [7, 11) is 0. The quantitative estimate of drug-likeness (QED) is 0.669. The van der Waals surface area contributed by atoms with Crippen molar-refractivity contribution in [1.82, 2.24) is 0 Å². The Balaban J connectivity index is 2.33. The summed E-state index contributed by atoms with van der Waals surface area (Å²) in [5.74, 6) is -0.998. The number of hydrogen-bond acceptors (Lipinski definition) is 1. The van der Waals surface area contributed by atoms with Crippen LogP contribution in [0.2, 0.25) is 0 Å². The van der Waals surface area contributed by atoms with Gasteiger partial charge in [-0.1, -0.05) is 0 Å². The Morgan fingerprint density at radius 1 is 1.29 bits per heavy atom. The molecule has 1 aromatic rings. The van der Waals surface area contributed by atoms with Gasteiger partial charge in [0.1, 0.15) is 11.6 Å². The first kappa shape index (κ1) is 9.44. The predicted octanol–water partition coefficient (Wildman–Crippen LogP) is 2.95. The molecule has 2 rings (SSSR count). The minimum atomic E-state index is -0.524. The minimum absolute atomic E-state index is 0.00132. The normalized spacial score (nSPS) is 19.3. The molecule has 3 heteroatoms. The molecule has 1 aliphatic rings. The first-order chi connectivity index (χ1) is 6.50. The summed E-state index contributed by atoms with van der Waals surface area (Å²) in [4.78, 5) is 1.96. The molecule has 76 valence electrons. The Morgan fingerprint density at radius 3 is 2.43 bits per heavy atom. The van der Waals surface area contributed by atoms with Crippen molar-refractivity contribution in [2.24, 2.45) is 0 Å². The Bertz CT molecular complexity index is 360. The van der Waals surface area contributed by atoms with E-state index in [0.717, 1.165) is 19.0 Å². The molecule has 1 aliphatic heterocycles. The standard InChI is InChI=1S/C11H13F2N/c1-11(2)5-6-14(11)10-4-3-8(12)7-9(10)13/h3-4,7H,5-6H2,1-2H3. The maximum Gasteiger partial charge on any atom is 0.149 e. The Labute approximate surface area is 82.3 Å².